The first-order chi connectivity index (χ1) is 22.1. The van der Waals surface area contributed by atoms with Crippen LogP contribution in [0.25, 0.3) is 0 Å². The van der Waals surface area contributed by atoms with Crippen LogP contribution in [-0.2, 0) is 30.0 Å². The molecule has 0 radical (unpaired) electrons. The second kappa shape index (κ2) is 8.26. The molecule has 0 aromatic heterocycles. The summed E-state index contributed by atoms with van der Waals surface area (Å²) >= 11 is 0. The molecule has 8 saturated heterocycles. The molecule has 12 rings (SSSR count). The van der Waals surface area contributed by atoms with Gasteiger partial charge >= 0.3 is 0 Å². The van der Waals surface area contributed by atoms with Crippen molar-refractivity contribution in [3.8, 4) is 0 Å². The predicted octanol–water partition coefficient (Wildman–Crippen LogP) is 1.33. The lowest BCUT2D eigenvalue weighted by molar-refractivity contribution is -0.166. The van der Waals surface area contributed by atoms with Gasteiger partial charge in [-0.1, -0.05) is 58.0 Å². The van der Waals surface area contributed by atoms with Gasteiger partial charge in [0.2, 0.25) is 9.74 Å². The SMILES string of the molecule is CN1C(=O)[C@]23C[C@]4([C@@]56C[C@]78SS[C@](CO)(C(=O)N7[C@@H]5Nc5ccccc56)N(C)C8=O)c5ccccc5N[C@H]4N2C(=O)[C@@]1(CO)SS3. The zero-order valence-electron chi connectivity index (χ0n) is 24.6. The highest BCUT2D eigenvalue weighted by molar-refractivity contribution is 8.78. The summed E-state index contributed by atoms with van der Waals surface area (Å²) < 4.78 is 0. The summed E-state index contributed by atoms with van der Waals surface area (Å²) in [6.45, 7) is -1.07. The molecule has 10 heterocycles. The number of aliphatic hydroxyl groups excluding tert-OH is 2. The van der Waals surface area contributed by atoms with Gasteiger partial charge in [-0.3, -0.25) is 29.0 Å². The number of hydrogen-bond donors (Lipinski definition) is 4. The van der Waals surface area contributed by atoms with Crippen LogP contribution in [0.5, 0.6) is 0 Å². The Kier molecular flexibility index (Phi) is 5.08. The molecule has 4 bridgehead atoms. The van der Waals surface area contributed by atoms with Gasteiger partial charge in [0.05, 0.1) is 24.0 Å². The number of para-hydroxylation sites is 2. The fourth-order valence-electron chi connectivity index (χ4n) is 9.92. The monoisotopic (exact) mass is 696 g/mol. The Bertz CT molecular complexity index is 1740. The van der Waals surface area contributed by atoms with E-state index in [0.29, 0.717) is 0 Å². The number of piperazine rings is 2. The van der Waals surface area contributed by atoms with Crippen LogP contribution in [0.1, 0.15) is 24.0 Å². The van der Waals surface area contributed by atoms with Crippen LogP contribution < -0.4 is 10.6 Å². The van der Waals surface area contributed by atoms with Crippen molar-refractivity contribution in [3.05, 3.63) is 59.7 Å². The van der Waals surface area contributed by atoms with E-state index in [-0.39, 0.29) is 36.5 Å². The van der Waals surface area contributed by atoms with E-state index in [1.54, 1.807) is 23.9 Å². The summed E-state index contributed by atoms with van der Waals surface area (Å²) in [4.78, 5) is 59.0. The lowest BCUT2D eigenvalue weighted by Gasteiger charge is -2.57. The Balaban J connectivity index is 1.29. The van der Waals surface area contributed by atoms with Gasteiger partial charge in [-0.05, 0) is 44.8 Å². The number of benzene rings is 2. The minimum Gasteiger partial charge on any atom is -0.392 e. The molecule has 0 saturated carbocycles. The van der Waals surface area contributed by atoms with Crippen LogP contribution in [-0.4, -0.2) is 113 Å². The molecule has 16 heteroatoms. The summed E-state index contributed by atoms with van der Waals surface area (Å²) in [5.41, 5.74) is 1.45. The van der Waals surface area contributed by atoms with Crippen LogP contribution in [0.2, 0.25) is 0 Å². The van der Waals surface area contributed by atoms with Crippen LogP contribution in [0.3, 0.4) is 0 Å². The van der Waals surface area contributed by atoms with Gasteiger partial charge in [-0.15, -0.1) is 0 Å². The van der Waals surface area contributed by atoms with E-state index in [1.165, 1.54) is 53.0 Å². The molecule has 0 unspecified atom stereocenters. The minimum atomic E-state index is -1.47. The molecule has 46 heavy (non-hydrogen) atoms. The van der Waals surface area contributed by atoms with E-state index < -0.39 is 55.9 Å². The number of hydrogen-bond acceptors (Lipinski definition) is 12. The van der Waals surface area contributed by atoms with Crippen molar-refractivity contribution < 1.29 is 29.4 Å². The number of fused-ring (bicyclic) bond motifs is 11. The Hall–Kier alpha value is -2.76. The molecule has 238 valence electrons. The van der Waals surface area contributed by atoms with Crippen LogP contribution in [0, 0.1) is 0 Å². The number of aliphatic hydroxyl groups is 2. The molecule has 10 aliphatic heterocycles. The first-order valence-corrected chi connectivity index (χ1v) is 19.3. The fraction of sp³-hybridized carbons (Fsp3) is 0.467. The van der Waals surface area contributed by atoms with Gasteiger partial charge < -0.3 is 30.6 Å². The molecule has 8 fully saturated rings. The Morgan fingerprint density at radius 3 is 1.43 bits per heavy atom. The zero-order chi connectivity index (χ0) is 31.8. The van der Waals surface area contributed by atoms with Gasteiger partial charge in [0.1, 0.15) is 12.3 Å². The van der Waals surface area contributed by atoms with E-state index in [0.717, 1.165) is 22.5 Å². The molecule has 10 aliphatic rings. The second-order valence-electron chi connectivity index (χ2n) is 13.3. The lowest BCUT2D eigenvalue weighted by atomic mass is 9.54. The number of rotatable bonds is 3. The lowest BCUT2D eigenvalue weighted by Crippen LogP contribution is -2.77. The van der Waals surface area contributed by atoms with Gasteiger partial charge in [0.15, 0.2) is 9.74 Å². The molecule has 2 spiro atoms. The molecule has 8 atom stereocenters. The summed E-state index contributed by atoms with van der Waals surface area (Å²) in [6.07, 6.45) is -1.01. The predicted molar refractivity (Wildman–Crippen MR) is 175 cm³/mol. The number of nitrogens with zero attached hydrogens (tertiary/aromatic N) is 4. The zero-order valence-corrected chi connectivity index (χ0v) is 27.8. The maximum Gasteiger partial charge on any atom is 0.265 e. The third-order valence-electron chi connectivity index (χ3n) is 12.0. The highest BCUT2D eigenvalue weighted by atomic mass is 33.1. The molecule has 2 aromatic rings. The maximum absolute atomic E-state index is 14.7. The van der Waals surface area contributed by atoms with Crippen molar-refractivity contribution in [1.82, 2.24) is 19.6 Å². The highest BCUT2D eigenvalue weighted by Gasteiger charge is 2.87. The average molecular weight is 697 g/mol. The van der Waals surface area contributed by atoms with Crippen molar-refractivity contribution >= 4 is 78.2 Å². The summed E-state index contributed by atoms with van der Waals surface area (Å²) in [7, 11) is 8.28. The van der Waals surface area contributed by atoms with E-state index in [1.807, 2.05) is 48.5 Å². The van der Waals surface area contributed by atoms with Crippen LogP contribution >= 0.6 is 43.2 Å². The smallest absolute Gasteiger partial charge is 0.265 e. The van der Waals surface area contributed by atoms with Gasteiger partial charge in [-0.25, -0.2) is 0 Å². The number of likely N-dealkylation sites (N-methyl/N-ethyl adjacent to an activating group) is 2. The normalized spacial score (nSPS) is 43.7. The van der Waals surface area contributed by atoms with Crippen molar-refractivity contribution in [3.63, 3.8) is 0 Å². The second-order valence-corrected chi connectivity index (χ2v) is 18.7. The minimum absolute atomic E-state index is 0.223. The summed E-state index contributed by atoms with van der Waals surface area (Å²) in [6, 6.07) is 15.8. The standard InChI is InChI=1S/C30H28N6O6S4/c1-33-21(39)27-11-25(15-7-3-5-9-17(15)31-19(25)35(27)23(41)29(33,13-37)45-43-27)26-12-28-22(40)34(2)30(14-38,46-44-28)24(42)36(28)20(26)32-18-10-6-4-8-16(18)26/h3-10,19-20,31-32,37-38H,11-14H2,1-2H3/t19-,20-,25-,26+,27+,28+,29+,30+/m0/s1. The van der Waals surface area contributed by atoms with E-state index in [2.05, 4.69) is 10.6 Å². The van der Waals surface area contributed by atoms with Crippen molar-refractivity contribution in [2.45, 2.75) is 55.5 Å². The number of anilines is 2. The molecular weight excluding hydrogens is 669 g/mol. The van der Waals surface area contributed by atoms with E-state index in [9.17, 15) is 29.4 Å². The molecule has 0 aliphatic carbocycles. The third kappa shape index (κ3) is 2.48. The van der Waals surface area contributed by atoms with Crippen LogP contribution in [0.15, 0.2) is 48.5 Å². The number of nitrogens with one attached hydrogen (secondary N) is 2. The summed E-state index contributed by atoms with van der Waals surface area (Å²) in [5, 5.41) is 28.6. The van der Waals surface area contributed by atoms with E-state index in [4.69, 9.17) is 0 Å². The Morgan fingerprint density at radius 2 is 1.04 bits per heavy atom. The van der Waals surface area contributed by atoms with Crippen molar-refractivity contribution in [2.75, 3.05) is 37.9 Å². The van der Waals surface area contributed by atoms with Crippen LogP contribution in [0.4, 0.5) is 11.4 Å². The highest BCUT2D eigenvalue weighted by Crippen LogP contribution is 2.78. The third-order valence-corrected chi connectivity index (χ3v) is 19.3. The van der Waals surface area contributed by atoms with Gasteiger partial charge in [-0.2, -0.15) is 0 Å². The average Bonchev–Trinajstić information content (AvgIpc) is 3.75. The molecule has 2 aromatic carbocycles. The molecular formula is C30H28N6O6S4. The molecule has 4 N–H and O–H groups in total. The fourth-order valence-corrected chi connectivity index (χ4v) is 17.2. The number of carbonyl (C=O) groups is 4. The topological polar surface area (TPSA) is 146 Å². The summed E-state index contributed by atoms with van der Waals surface area (Å²) in [5.74, 6) is -1.19. The number of carbonyl (C=O) groups excluding carboxylic acids is 4. The van der Waals surface area contributed by atoms with Gasteiger partial charge in [0.25, 0.3) is 23.6 Å². The molecule has 4 amide bonds. The van der Waals surface area contributed by atoms with Crippen molar-refractivity contribution in [1.29, 1.82) is 0 Å². The van der Waals surface area contributed by atoms with E-state index >= 15 is 0 Å². The molecule has 12 nitrogen and oxygen atoms in total. The van der Waals surface area contributed by atoms with Crippen molar-refractivity contribution in [2.24, 2.45) is 0 Å². The largest absolute Gasteiger partial charge is 0.392 e. The Labute approximate surface area is 279 Å². The van der Waals surface area contributed by atoms with Gasteiger partial charge in [0, 0.05) is 38.3 Å². The number of amides is 4. The first kappa shape index (κ1) is 28.3. The maximum atomic E-state index is 14.7. The quantitative estimate of drug-likeness (QED) is 0.344. The first-order valence-electron chi connectivity index (χ1n) is 15.0. The Morgan fingerprint density at radius 1 is 0.652 bits per heavy atom.